The van der Waals surface area contributed by atoms with Crippen LogP contribution in [0.5, 0.6) is 0 Å². The number of likely N-dealkylation sites (N-methyl/N-ethyl adjacent to an activating group) is 1. The standard InChI is InChI=1S/C12H16N2O3/c1-14(2)8-11(15)13-10-6-4-3-5-9(10)7-12(16)17/h3-6H,7-8H2,1-2H3,(H,13,15)(H,16,17). The summed E-state index contributed by atoms with van der Waals surface area (Å²) in [5, 5.41) is 11.5. The number of nitrogens with zero attached hydrogens (tertiary/aromatic N) is 1. The maximum atomic E-state index is 11.6. The molecule has 5 heteroatoms. The van der Waals surface area contributed by atoms with E-state index in [4.69, 9.17) is 5.11 Å². The number of nitrogens with one attached hydrogen (secondary N) is 1. The van der Waals surface area contributed by atoms with Crippen molar-refractivity contribution >= 4 is 17.6 Å². The van der Waals surface area contributed by atoms with E-state index in [2.05, 4.69) is 5.32 Å². The minimum absolute atomic E-state index is 0.0988. The summed E-state index contributed by atoms with van der Waals surface area (Å²) in [7, 11) is 3.59. The first-order chi connectivity index (χ1) is 7.99. The van der Waals surface area contributed by atoms with Crippen molar-refractivity contribution < 1.29 is 14.7 Å². The minimum Gasteiger partial charge on any atom is -0.481 e. The smallest absolute Gasteiger partial charge is 0.307 e. The summed E-state index contributed by atoms with van der Waals surface area (Å²) in [4.78, 5) is 24.0. The van der Waals surface area contributed by atoms with Crippen molar-refractivity contribution in [1.82, 2.24) is 4.90 Å². The van der Waals surface area contributed by atoms with Gasteiger partial charge in [-0.2, -0.15) is 0 Å². The van der Waals surface area contributed by atoms with Gasteiger partial charge < -0.3 is 15.3 Å². The zero-order valence-electron chi connectivity index (χ0n) is 9.93. The van der Waals surface area contributed by atoms with Crippen molar-refractivity contribution in [2.45, 2.75) is 6.42 Å². The average molecular weight is 236 g/mol. The zero-order valence-corrected chi connectivity index (χ0v) is 9.93. The van der Waals surface area contributed by atoms with Gasteiger partial charge in [0.1, 0.15) is 0 Å². The molecule has 17 heavy (non-hydrogen) atoms. The number of carbonyl (C=O) groups excluding carboxylic acids is 1. The summed E-state index contributed by atoms with van der Waals surface area (Å²) in [5.74, 6) is -1.08. The van der Waals surface area contributed by atoms with Crippen LogP contribution in [0.25, 0.3) is 0 Å². The molecule has 92 valence electrons. The van der Waals surface area contributed by atoms with E-state index in [-0.39, 0.29) is 18.9 Å². The number of para-hydroxylation sites is 1. The van der Waals surface area contributed by atoms with E-state index in [1.165, 1.54) is 0 Å². The van der Waals surface area contributed by atoms with Gasteiger partial charge in [0.05, 0.1) is 13.0 Å². The lowest BCUT2D eigenvalue weighted by molar-refractivity contribution is -0.136. The molecular formula is C12H16N2O3. The summed E-state index contributed by atoms with van der Waals surface area (Å²) in [6.07, 6.45) is -0.0988. The monoisotopic (exact) mass is 236 g/mol. The molecule has 1 aromatic carbocycles. The normalized spacial score (nSPS) is 10.3. The van der Waals surface area contributed by atoms with Gasteiger partial charge in [-0.25, -0.2) is 0 Å². The molecule has 1 amide bonds. The predicted molar refractivity (Wildman–Crippen MR) is 65.0 cm³/mol. The van der Waals surface area contributed by atoms with Crippen molar-refractivity contribution in [2.24, 2.45) is 0 Å². The Balaban J connectivity index is 2.76. The number of hydrogen-bond donors (Lipinski definition) is 2. The number of benzene rings is 1. The maximum Gasteiger partial charge on any atom is 0.307 e. The lowest BCUT2D eigenvalue weighted by atomic mass is 10.1. The van der Waals surface area contributed by atoms with Gasteiger partial charge in [0.15, 0.2) is 0 Å². The maximum absolute atomic E-state index is 11.6. The second kappa shape index (κ2) is 6.00. The second-order valence-corrected chi connectivity index (χ2v) is 4.01. The Morgan fingerprint density at radius 3 is 2.53 bits per heavy atom. The molecule has 2 N–H and O–H groups in total. The molecule has 1 rings (SSSR count). The van der Waals surface area contributed by atoms with Crippen LogP contribution in [-0.2, 0) is 16.0 Å². The molecule has 0 heterocycles. The number of amides is 1. The van der Waals surface area contributed by atoms with Crippen molar-refractivity contribution in [1.29, 1.82) is 0 Å². The number of anilines is 1. The number of carboxylic acid groups (broad SMARTS) is 1. The highest BCUT2D eigenvalue weighted by atomic mass is 16.4. The van der Waals surface area contributed by atoms with Gasteiger partial charge in [0.25, 0.3) is 0 Å². The van der Waals surface area contributed by atoms with Crippen molar-refractivity contribution in [3.8, 4) is 0 Å². The van der Waals surface area contributed by atoms with Crippen LogP contribution < -0.4 is 5.32 Å². The first-order valence-electron chi connectivity index (χ1n) is 5.23. The van der Waals surface area contributed by atoms with Crippen LogP contribution in [0.2, 0.25) is 0 Å². The Morgan fingerprint density at radius 1 is 1.29 bits per heavy atom. The highest BCUT2D eigenvalue weighted by molar-refractivity contribution is 5.93. The highest BCUT2D eigenvalue weighted by Crippen LogP contribution is 2.15. The van der Waals surface area contributed by atoms with Gasteiger partial charge in [-0.1, -0.05) is 18.2 Å². The Morgan fingerprint density at radius 2 is 1.94 bits per heavy atom. The van der Waals surface area contributed by atoms with Crippen molar-refractivity contribution in [2.75, 3.05) is 26.0 Å². The van der Waals surface area contributed by atoms with Crippen LogP contribution in [0.3, 0.4) is 0 Å². The number of carbonyl (C=O) groups is 2. The number of aliphatic carboxylic acids is 1. The van der Waals surface area contributed by atoms with Gasteiger partial charge in [0, 0.05) is 5.69 Å². The van der Waals surface area contributed by atoms with Gasteiger partial charge in [-0.15, -0.1) is 0 Å². The minimum atomic E-state index is -0.917. The molecule has 5 nitrogen and oxygen atoms in total. The second-order valence-electron chi connectivity index (χ2n) is 4.01. The fourth-order valence-corrected chi connectivity index (χ4v) is 1.44. The fraction of sp³-hybridized carbons (Fsp3) is 0.333. The summed E-state index contributed by atoms with van der Waals surface area (Å²) >= 11 is 0. The highest BCUT2D eigenvalue weighted by Gasteiger charge is 2.09. The van der Waals surface area contributed by atoms with Crippen LogP contribution in [-0.4, -0.2) is 42.5 Å². The number of hydrogen-bond acceptors (Lipinski definition) is 3. The largest absolute Gasteiger partial charge is 0.481 e. The molecule has 1 aromatic rings. The van der Waals surface area contributed by atoms with E-state index in [0.29, 0.717) is 11.3 Å². The summed E-state index contributed by atoms with van der Waals surface area (Å²) in [5.41, 5.74) is 1.16. The molecule has 0 unspecified atom stereocenters. The molecule has 0 atom stereocenters. The van der Waals surface area contributed by atoms with Crippen LogP contribution in [0, 0.1) is 0 Å². The summed E-state index contributed by atoms with van der Waals surface area (Å²) in [6.45, 7) is 0.265. The Hall–Kier alpha value is -1.88. The molecule has 0 saturated heterocycles. The van der Waals surface area contributed by atoms with E-state index in [9.17, 15) is 9.59 Å². The third kappa shape index (κ3) is 4.65. The van der Waals surface area contributed by atoms with E-state index in [1.54, 1.807) is 43.3 Å². The lowest BCUT2D eigenvalue weighted by Crippen LogP contribution is -2.27. The number of rotatable bonds is 5. The molecule has 0 radical (unpaired) electrons. The van der Waals surface area contributed by atoms with Crippen LogP contribution in [0.15, 0.2) is 24.3 Å². The van der Waals surface area contributed by atoms with Gasteiger partial charge >= 0.3 is 5.97 Å². The molecule has 0 aromatic heterocycles. The van der Waals surface area contributed by atoms with E-state index >= 15 is 0 Å². The molecule has 0 bridgehead atoms. The molecule has 0 aliphatic carbocycles. The molecule has 0 aliphatic heterocycles. The van der Waals surface area contributed by atoms with Crippen LogP contribution in [0.4, 0.5) is 5.69 Å². The van der Waals surface area contributed by atoms with Gasteiger partial charge in [0.2, 0.25) is 5.91 Å². The Kier molecular flexibility index (Phi) is 4.66. The van der Waals surface area contributed by atoms with E-state index in [1.807, 2.05) is 0 Å². The molecule has 0 saturated carbocycles. The molecular weight excluding hydrogens is 220 g/mol. The van der Waals surface area contributed by atoms with Crippen LogP contribution in [0.1, 0.15) is 5.56 Å². The average Bonchev–Trinajstić information content (AvgIpc) is 2.18. The van der Waals surface area contributed by atoms with Crippen molar-refractivity contribution in [3.05, 3.63) is 29.8 Å². The zero-order chi connectivity index (χ0) is 12.8. The summed E-state index contributed by atoms with van der Waals surface area (Å²) in [6, 6.07) is 6.90. The molecule has 0 fully saturated rings. The summed E-state index contributed by atoms with van der Waals surface area (Å²) < 4.78 is 0. The van der Waals surface area contributed by atoms with E-state index in [0.717, 1.165) is 0 Å². The molecule has 0 aliphatic rings. The van der Waals surface area contributed by atoms with Gasteiger partial charge in [-0.05, 0) is 25.7 Å². The third-order valence-corrected chi connectivity index (χ3v) is 2.09. The fourth-order valence-electron chi connectivity index (χ4n) is 1.44. The number of carboxylic acids is 1. The topological polar surface area (TPSA) is 69.6 Å². The van der Waals surface area contributed by atoms with Crippen LogP contribution >= 0.6 is 0 Å². The van der Waals surface area contributed by atoms with E-state index < -0.39 is 5.97 Å². The SMILES string of the molecule is CN(C)CC(=O)Nc1ccccc1CC(=O)O. The lowest BCUT2D eigenvalue weighted by Gasteiger charge is -2.12. The quantitative estimate of drug-likeness (QED) is 0.794. The third-order valence-electron chi connectivity index (χ3n) is 2.09. The first-order valence-corrected chi connectivity index (χ1v) is 5.23. The molecule has 0 spiro atoms. The predicted octanol–water partition coefficient (Wildman–Crippen LogP) is 0.814. The van der Waals surface area contributed by atoms with Gasteiger partial charge in [-0.3, -0.25) is 9.59 Å². The Bertz CT molecular complexity index is 416. The Labute approximate surface area is 100 Å². The van der Waals surface area contributed by atoms with Crippen molar-refractivity contribution in [3.63, 3.8) is 0 Å². The first kappa shape index (κ1) is 13.2.